The fourth-order valence-electron chi connectivity index (χ4n) is 2.21. The predicted octanol–water partition coefficient (Wildman–Crippen LogP) is 2.05. The van der Waals surface area contributed by atoms with E-state index in [-0.39, 0.29) is 12.0 Å². The molecule has 0 spiro atoms. The van der Waals surface area contributed by atoms with Gasteiger partial charge in [0, 0.05) is 13.0 Å². The van der Waals surface area contributed by atoms with Gasteiger partial charge in [0.15, 0.2) is 6.61 Å². The Morgan fingerprint density at radius 3 is 2.90 bits per heavy atom. The first kappa shape index (κ1) is 15.3. The summed E-state index contributed by atoms with van der Waals surface area (Å²) in [6.07, 6.45) is 3.31. The summed E-state index contributed by atoms with van der Waals surface area (Å²) in [4.78, 5) is 22.5. The van der Waals surface area contributed by atoms with Crippen molar-refractivity contribution in [1.29, 1.82) is 0 Å². The van der Waals surface area contributed by atoms with E-state index in [2.05, 4.69) is 5.32 Å². The van der Waals surface area contributed by atoms with Gasteiger partial charge in [-0.05, 0) is 31.4 Å². The van der Waals surface area contributed by atoms with Crippen molar-refractivity contribution >= 4 is 17.6 Å². The molecule has 6 heteroatoms. The summed E-state index contributed by atoms with van der Waals surface area (Å²) in [6, 6.07) is 6.78. The largest absolute Gasteiger partial charge is 0.480 e. The molecule has 1 aromatic carbocycles. The number of ether oxygens (including phenoxy) is 2. The number of carbonyl (C=O) groups excluding carboxylic acids is 1. The van der Waals surface area contributed by atoms with E-state index in [4.69, 9.17) is 14.6 Å². The minimum atomic E-state index is -1.06. The molecule has 0 saturated carbocycles. The summed E-state index contributed by atoms with van der Waals surface area (Å²) in [5.74, 6) is -0.836. The molecule has 0 radical (unpaired) electrons. The van der Waals surface area contributed by atoms with Gasteiger partial charge in [-0.25, -0.2) is 4.79 Å². The van der Waals surface area contributed by atoms with Gasteiger partial charge in [0.1, 0.15) is 5.75 Å². The van der Waals surface area contributed by atoms with Gasteiger partial charge >= 0.3 is 5.97 Å². The van der Waals surface area contributed by atoms with Crippen LogP contribution in [0.2, 0.25) is 0 Å². The molecule has 1 amide bonds. The molecule has 1 saturated heterocycles. The highest BCUT2D eigenvalue weighted by Crippen LogP contribution is 2.24. The second-order valence-corrected chi connectivity index (χ2v) is 4.90. The standard InChI is InChI=1S/C15H19NO5/c17-14(8-7-11-4-3-9-20-11)16-12-5-1-2-6-13(12)21-10-15(18)19/h1-2,5-6,11H,3-4,7-10H2,(H,16,17)(H,18,19). The van der Waals surface area contributed by atoms with E-state index in [0.29, 0.717) is 24.3 Å². The third kappa shape index (κ3) is 5.07. The molecular formula is C15H19NO5. The molecule has 1 aromatic rings. The minimum absolute atomic E-state index is 0.128. The van der Waals surface area contributed by atoms with Crippen molar-refractivity contribution in [3.8, 4) is 5.75 Å². The quantitative estimate of drug-likeness (QED) is 0.803. The number of aliphatic carboxylic acids is 1. The van der Waals surface area contributed by atoms with Crippen LogP contribution in [0.15, 0.2) is 24.3 Å². The lowest BCUT2D eigenvalue weighted by Gasteiger charge is -2.12. The first-order valence-electron chi connectivity index (χ1n) is 7.00. The van der Waals surface area contributed by atoms with Crippen LogP contribution in [0, 0.1) is 0 Å². The number of carboxylic acids is 1. The van der Waals surface area contributed by atoms with E-state index in [0.717, 1.165) is 19.4 Å². The molecule has 1 heterocycles. The van der Waals surface area contributed by atoms with Crippen molar-refractivity contribution in [2.24, 2.45) is 0 Å². The van der Waals surface area contributed by atoms with Gasteiger partial charge < -0.3 is 19.9 Å². The zero-order valence-corrected chi connectivity index (χ0v) is 11.7. The minimum Gasteiger partial charge on any atom is -0.480 e. The Morgan fingerprint density at radius 2 is 2.19 bits per heavy atom. The summed E-state index contributed by atoms with van der Waals surface area (Å²) in [7, 11) is 0. The van der Waals surface area contributed by atoms with Crippen LogP contribution in [0.5, 0.6) is 5.75 Å². The Balaban J connectivity index is 1.85. The maximum atomic E-state index is 11.9. The number of anilines is 1. The predicted molar refractivity (Wildman–Crippen MR) is 76.4 cm³/mol. The van der Waals surface area contributed by atoms with Gasteiger partial charge in [-0.2, -0.15) is 0 Å². The smallest absolute Gasteiger partial charge is 0.341 e. The fraction of sp³-hybridized carbons (Fsp3) is 0.467. The Bertz CT molecular complexity index is 497. The van der Waals surface area contributed by atoms with Gasteiger partial charge in [0.25, 0.3) is 0 Å². The molecule has 2 rings (SSSR count). The molecule has 1 aliphatic heterocycles. The Labute approximate surface area is 123 Å². The fourth-order valence-corrected chi connectivity index (χ4v) is 2.21. The summed E-state index contributed by atoms with van der Waals surface area (Å²) in [5, 5.41) is 11.4. The third-order valence-corrected chi connectivity index (χ3v) is 3.23. The number of benzene rings is 1. The van der Waals surface area contributed by atoms with Gasteiger partial charge in [0.2, 0.25) is 5.91 Å². The van der Waals surface area contributed by atoms with Gasteiger partial charge in [-0.15, -0.1) is 0 Å². The SMILES string of the molecule is O=C(O)COc1ccccc1NC(=O)CCC1CCCO1. The van der Waals surface area contributed by atoms with E-state index in [1.165, 1.54) is 0 Å². The van der Waals surface area contributed by atoms with Gasteiger partial charge in [-0.1, -0.05) is 12.1 Å². The second-order valence-electron chi connectivity index (χ2n) is 4.90. The summed E-state index contributed by atoms with van der Waals surface area (Å²) in [5.41, 5.74) is 0.482. The maximum absolute atomic E-state index is 11.9. The lowest BCUT2D eigenvalue weighted by molar-refractivity contribution is -0.139. The van der Waals surface area contributed by atoms with Crippen LogP contribution in [0.4, 0.5) is 5.69 Å². The monoisotopic (exact) mass is 293 g/mol. The normalized spacial score (nSPS) is 17.4. The Hall–Kier alpha value is -2.08. The van der Waals surface area contributed by atoms with E-state index in [9.17, 15) is 9.59 Å². The van der Waals surface area contributed by atoms with E-state index >= 15 is 0 Å². The number of para-hydroxylation sites is 2. The lowest BCUT2D eigenvalue weighted by Crippen LogP contribution is -2.16. The van der Waals surface area contributed by atoms with Crippen LogP contribution in [0.25, 0.3) is 0 Å². The molecule has 1 atom stereocenters. The van der Waals surface area contributed by atoms with Crippen LogP contribution < -0.4 is 10.1 Å². The average Bonchev–Trinajstić information content (AvgIpc) is 2.97. The summed E-state index contributed by atoms with van der Waals surface area (Å²) >= 11 is 0. The van der Waals surface area contributed by atoms with Crippen LogP contribution in [-0.2, 0) is 14.3 Å². The first-order valence-corrected chi connectivity index (χ1v) is 7.00. The second kappa shape index (κ2) is 7.64. The highest BCUT2D eigenvalue weighted by molar-refractivity contribution is 5.92. The Kier molecular flexibility index (Phi) is 5.57. The number of nitrogens with one attached hydrogen (secondary N) is 1. The van der Waals surface area contributed by atoms with Crippen molar-refractivity contribution in [3.05, 3.63) is 24.3 Å². The number of carbonyl (C=O) groups is 2. The van der Waals surface area contributed by atoms with Gasteiger partial charge in [0.05, 0.1) is 11.8 Å². The van der Waals surface area contributed by atoms with Gasteiger partial charge in [-0.3, -0.25) is 4.79 Å². The molecule has 21 heavy (non-hydrogen) atoms. The molecule has 0 aliphatic carbocycles. The molecule has 2 N–H and O–H groups in total. The zero-order chi connectivity index (χ0) is 15.1. The van der Waals surface area contributed by atoms with Crippen molar-refractivity contribution in [2.75, 3.05) is 18.5 Å². The molecule has 1 unspecified atom stereocenters. The number of hydrogen-bond donors (Lipinski definition) is 2. The van der Waals surface area contributed by atoms with Crippen molar-refractivity contribution in [3.63, 3.8) is 0 Å². The van der Waals surface area contributed by atoms with E-state index in [1.54, 1.807) is 24.3 Å². The number of hydrogen-bond acceptors (Lipinski definition) is 4. The highest BCUT2D eigenvalue weighted by atomic mass is 16.5. The summed E-state index contributed by atoms with van der Waals surface area (Å²) in [6.45, 7) is 0.334. The van der Waals surface area contributed by atoms with Crippen LogP contribution in [0.1, 0.15) is 25.7 Å². The average molecular weight is 293 g/mol. The molecule has 114 valence electrons. The van der Waals surface area contributed by atoms with Crippen molar-refractivity contribution in [2.45, 2.75) is 31.8 Å². The third-order valence-electron chi connectivity index (χ3n) is 3.23. The molecule has 0 bridgehead atoms. The first-order chi connectivity index (χ1) is 10.1. The Morgan fingerprint density at radius 1 is 1.38 bits per heavy atom. The lowest BCUT2D eigenvalue weighted by atomic mass is 10.1. The van der Waals surface area contributed by atoms with Crippen LogP contribution in [0.3, 0.4) is 0 Å². The molecule has 6 nitrogen and oxygen atoms in total. The van der Waals surface area contributed by atoms with E-state index < -0.39 is 12.6 Å². The number of carboxylic acid groups (broad SMARTS) is 1. The van der Waals surface area contributed by atoms with Crippen molar-refractivity contribution in [1.82, 2.24) is 0 Å². The number of amides is 1. The van der Waals surface area contributed by atoms with Crippen LogP contribution >= 0.6 is 0 Å². The maximum Gasteiger partial charge on any atom is 0.341 e. The molecule has 1 fully saturated rings. The van der Waals surface area contributed by atoms with E-state index in [1.807, 2.05) is 0 Å². The zero-order valence-electron chi connectivity index (χ0n) is 11.7. The molecule has 1 aliphatic rings. The summed E-state index contributed by atoms with van der Waals surface area (Å²) < 4.78 is 10.6. The molecular weight excluding hydrogens is 274 g/mol. The number of rotatable bonds is 7. The topological polar surface area (TPSA) is 84.9 Å². The molecule has 0 aromatic heterocycles. The van der Waals surface area contributed by atoms with Crippen molar-refractivity contribution < 1.29 is 24.2 Å². The van der Waals surface area contributed by atoms with Crippen LogP contribution in [-0.4, -0.2) is 36.3 Å². The highest BCUT2D eigenvalue weighted by Gasteiger charge is 2.17.